The summed E-state index contributed by atoms with van der Waals surface area (Å²) >= 11 is 0. The largest absolute Gasteiger partial charge is 0.618 e. The first-order valence-electron chi connectivity index (χ1n) is 11.6. The quantitative estimate of drug-likeness (QED) is 0.340. The van der Waals surface area contributed by atoms with E-state index in [2.05, 4.69) is 10.3 Å². The number of carbonyl (C=O) groups excluding carboxylic acids is 1. The van der Waals surface area contributed by atoms with Gasteiger partial charge in [0.05, 0.1) is 35.1 Å². The molecule has 1 aliphatic carbocycles. The molecule has 3 heterocycles. The smallest absolute Gasteiger partial charge is 0.321 e. The van der Waals surface area contributed by atoms with E-state index in [1.807, 2.05) is 36.9 Å². The van der Waals surface area contributed by atoms with Crippen LogP contribution in [-0.4, -0.2) is 31.9 Å². The van der Waals surface area contributed by atoms with Crippen molar-refractivity contribution in [2.24, 2.45) is 0 Å². The molecule has 0 radical (unpaired) electrons. The van der Waals surface area contributed by atoms with Crippen molar-refractivity contribution in [3.63, 3.8) is 0 Å². The van der Waals surface area contributed by atoms with Crippen LogP contribution in [0.15, 0.2) is 53.4 Å². The highest BCUT2D eigenvalue weighted by atomic mass is 16.5. The molecule has 1 aliphatic rings. The van der Waals surface area contributed by atoms with Gasteiger partial charge in [0, 0.05) is 29.6 Å². The molecule has 0 spiro atoms. The molecule has 2 N–H and O–H groups in total. The second-order valence-corrected chi connectivity index (χ2v) is 9.10. The maximum atomic E-state index is 13.1. The van der Waals surface area contributed by atoms with Crippen molar-refractivity contribution in [2.45, 2.75) is 57.6 Å². The summed E-state index contributed by atoms with van der Waals surface area (Å²) in [7, 11) is 0. The molecule has 1 amide bonds. The van der Waals surface area contributed by atoms with Crippen LogP contribution in [0.3, 0.4) is 0 Å². The van der Waals surface area contributed by atoms with Gasteiger partial charge in [-0.15, -0.1) is 0 Å². The molecule has 176 valence electrons. The fraction of sp³-hybridized carbons (Fsp3) is 0.360. The summed E-state index contributed by atoms with van der Waals surface area (Å²) in [6.45, 7) is 3.81. The van der Waals surface area contributed by atoms with Gasteiger partial charge in [0.25, 0.3) is 5.69 Å². The molecule has 3 aromatic heterocycles. The first-order chi connectivity index (χ1) is 16.4. The van der Waals surface area contributed by atoms with E-state index in [0.717, 1.165) is 36.6 Å². The Kier molecular flexibility index (Phi) is 5.79. The van der Waals surface area contributed by atoms with Crippen LogP contribution in [0.1, 0.15) is 67.7 Å². The van der Waals surface area contributed by atoms with Crippen molar-refractivity contribution in [3.05, 3.63) is 65.6 Å². The Balaban J connectivity index is 1.52. The van der Waals surface area contributed by atoms with Crippen LogP contribution in [0.4, 0.5) is 5.69 Å². The van der Waals surface area contributed by atoms with Crippen LogP contribution < -0.4 is 10.0 Å². The van der Waals surface area contributed by atoms with E-state index in [-0.39, 0.29) is 23.8 Å². The van der Waals surface area contributed by atoms with Crippen molar-refractivity contribution in [1.29, 1.82) is 0 Å². The van der Waals surface area contributed by atoms with Crippen molar-refractivity contribution < 1.29 is 19.0 Å². The summed E-state index contributed by atoms with van der Waals surface area (Å²) in [4.78, 5) is 17.4. The number of hydrogen-bond acceptors (Lipinski definition) is 6. The van der Waals surface area contributed by atoms with Gasteiger partial charge in [0.2, 0.25) is 5.89 Å². The number of rotatable bonds is 5. The molecule has 0 unspecified atom stereocenters. The fourth-order valence-corrected chi connectivity index (χ4v) is 4.53. The fourth-order valence-electron chi connectivity index (χ4n) is 4.53. The number of aliphatic hydroxyl groups excluding tert-OH is 1. The second-order valence-electron chi connectivity index (χ2n) is 9.10. The Morgan fingerprint density at radius 3 is 2.76 bits per heavy atom. The first-order valence-corrected chi connectivity index (χ1v) is 11.6. The number of benzene rings is 1. The molecular weight excluding hydrogens is 434 g/mol. The number of pyridine rings is 1. The molecular formula is C25H27N5O4. The van der Waals surface area contributed by atoms with Crippen molar-refractivity contribution >= 4 is 22.5 Å². The number of aliphatic hydroxyl groups is 1. The van der Waals surface area contributed by atoms with Crippen LogP contribution in [0.5, 0.6) is 0 Å². The summed E-state index contributed by atoms with van der Waals surface area (Å²) in [6, 6.07) is 8.82. The number of nitrogens with zero attached hydrogens (tertiary/aromatic N) is 4. The van der Waals surface area contributed by atoms with Gasteiger partial charge in [-0.3, -0.25) is 9.48 Å². The van der Waals surface area contributed by atoms with E-state index in [9.17, 15) is 15.1 Å². The number of hydrogen-bond donors (Lipinski definition) is 2. The van der Waals surface area contributed by atoms with Gasteiger partial charge in [0.15, 0.2) is 5.69 Å². The molecule has 1 fully saturated rings. The highest BCUT2D eigenvalue weighted by molar-refractivity contribution is 6.05. The van der Waals surface area contributed by atoms with Gasteiger partial charge >= 0.3 is 5.91 Å². The minimum absolute atomic E-state index is 0.0149. The summed E-state index contributed by atoms with van der Waals surface area (Å²) < 4.78 is 8.14. The van der Waals surface area contributed by atoms with Gasteiger partial charge in [-0.2, -0.15) is 9.83 Å². The van der Waals surface area contributed by atoms with Crippen molar-refractivity contribution in [2.75, 3.05) is 5.32 Å². The maximum absolute atomic E-state index is 13.1. The van der Waals surface area contributed by atoms with Gasteiger partial charge in [-0.1, -0.05) is 13.8 Å². The third-order valence-corrected chi connectivity index (χ3v) is 6.41. The van der Waals surface area contributed by atoms with E-state index < -0.39 is 5.91 Å². The van der Waals surface area contributed by atoms with Gasteiger partial charge < -0.3 is 20.0 Å². The number of oxazole rings is 1. The highest BCUT2D eigenvalue weighted by Gasteiger charge is 2.25. The highest BCUT2D eigenvalue weighted by Crippen LogP contribution is 2.34. The molecule has 9 heteroatoms. The lowest BCUT2D eigenvalue weighted by Gasteiger charge is -2.25. The van der Waals surface area contributed by atoms with Crippen LogP contribution >= 0.6 is 0 Å². The lowest BCUT2D eigenvalue weighted by molar-refractivity contribution is -0.617. The number of anilines is 1. The monoisotopic (exact) mass is 461 g/mol. The molecule has 0 bridgehead atoms. The van der Waals surface area contributed by atoms with E-state index in [1.165, 1.54) is 18.5 Å². The molecule has 1 saturated carbocycles. The number of amides is 1. The lowest BCUT2D eigenvalue weighted by Crippen LogP contribution is -2.41. The summed E-state index contributed by atoms with van der Waals surface area (Å²) in [6.07, 6.45) is 7.96. The third-order valence-electron chi connectivity index (χ3n) is 6.41. The predicted octanol–water partition coefficient (Wildman–Crippen LogP) is 4.18. The number of carbonyl (C=O) groups is 1. The Hall–Kier alpha value is -3.72. The Morgan fingerprint density at radius 2 is 2.06 bits per heavy atom. The molecule has 1 aromatic carbocycles. The van der Waals surface area contributed by atoms with E-state index in [1.54, 1.807) is 12.1 Å². The van der Waals surface area contributed by atoms with E-state index in [4.69, 9.17) is 9.52 Å². The summed E-state index contributed by atoms with van der Waals surface area (Å²) in [5.74, 6) is -0.187. The summed E-state index contributed by atoms with van der Waals surface area (Å²) in [5.41, 5.74) is 2.34. The van der Waals surface area contributed by atoms with Crippen LogP contribution in [-0.2, 0) is 0 Å². The van der Waals surface area contributed by atoms with Crippen LogP contribution in [0.25, 0.3) is 22.4 Å². The molecule has 4 aromatic rings. The third kappa shape index (κ3) is 4.14. The molecule has 5 rings (SSSR count). The zero-order valence-electron chi connectivity index (χ0n) is 19.1. The summed E-state index contributed by atoms with van der Waals surface area (Å²) in [5, 5.41) is 31.1. The average molecular weight is 462 g/mol. The molecule has 9 nitrogen and oxygen atoms in total. The van der Waals surface area contributed by atoms with E-state index >= 15 is 0 Å². The number of fused-ring (bicyclic) bond motifs is 1. The number of nitrogens with one attached hydrogen (secondary N) is 1. The Labute approximate surface area is 196 Å². The maximum Gasteiger partial charge on any atom is 0.321 e. The lowest BCUT2D eigenvalue weighted by atomic mass is 9.93. The standard InChI is InChI=1S/C25H27N5O4/c1-15(2)22-4-3-5-23(30(22)33)24(32)27-21-12-16-14-29(17-6-8-18(31)9-7-17)28-20(16)13-19(21)25-26-10-11-34-25/h3-5,10-15,17-18,31H,6-9H2,1-2H3,(H,27,32). The molecule has 34 heavy (non-hydrogen) atoms. The molecule has 0 atom stereocenters. The van der Waals surface area contributed by atoms with E-state index in [0.29, 0.717) is 27.6 Å². The zero-order chi connectivity index (χ0) is 23.8. The van der Waals surface area contributed by atoms with Gasteiger partial charge in [-0.05, 0) is 43.9 Å². The van der Waals surface area contributed by atoms with Gasteiger partial charge in [-0.25, -0.2) is 4.98 Å². The minimum atomic E-state index is -0.515. The first kappa shape index (κ1) is 22.1. The average Bonchev–Trinajstić information content (AvgIpc) is 3.48. The Morgan fingerprint density at radius 1 is 1.26 bits per heavy atom. The SMILES string of the molecule is CC(C)c1cccc(C(=O)Nc2cc3cn(C4CCC(O)CC4)nc3cc2-c2ncco2)[n+]1[O-]. The minimum Gasteiger partial charge on any atom is -0.618 e. The topological polar surface area (TPSA) is 120 Å². The van der Waals surface area contributed by atoms with Gasteiger partial charge in [0.1, 0.15) is 6.26 Å². The predicted molar refractivity (Wildman–Crippen MR) is 126 cm³/mol. The zero-order valence-corrected chi connectivity index (χ0v) is 19.1. The van der Waals surface area contributed by atoms with Crippen LogP contribution in [0.2, 0.25) is 0 Å². The van der Waals surface area contributed by atoms with Crippen LogP contribution in [0, 0.1) is 5.21 Å². The molecule has 0 aliphatic heterocycles. The normalized spacial score (nSPS) is 18.5. The van der Waals surface area contributed by atoms with Crippen molar-refractivity contribution in [1.82, 2.24) is 14.8 Å². The Bertz CT molecular complexity index is 1320. The van der Waals surface area contributed by atoms with Crippen molar-refractivity contribution in [3.8, 4) is 11.5 Å². The number of aromatic nitrogens is 4. The molecule has 0 saturated heterocycles. The second kappa shape index (κ2) is 8.90.